The second kappa shape index (κ2) is 18.2. The highest BCUT2D eigenvalue weighted by atomic mass is 14.8. The van der Waals surface area contributed by atoms with Crippen molar-refractivity contribution in [3.8, 4) is 68.2 Å². The van der Waals surface area contributed by atoms with Gasteiger partial charge in [0.15, 0.2) is 0 Å². The minimum absolute atomic E-state index is 0.851. The van der Waals surface area contributed by atoms with Crippen LogP contribution in [0.5, 0.6) is 0 Å². The standard InChI is InChI=1S/C64H48N6/c1-39-35-41(3)59(42(4)36-39)63-55-23-19-51(67-55)61(49-15-11-45(12-16-49)7-9-47-27-31-65-32-28-47)53-21-25-57(69-53)64(60-43(5)37-40(2)38-44(60)6)58-26-22-54(70-58)62(52-20-24-56(63)68-52)50-17-13-46(14-18-50)8-10-48-29-33-66-34-30-48/h11-38,67-68H,1-6H3. The van der Waals surface area contributed by atoms with Crippen LogP contribution in [0.4, 0.5) is 0 Å². The van der Waals surface area contributed by atoms with Crippen molar-refractivity contribution in [2.75, 3.05) is 0 Å². The summed E-state index contributed by atoms with van der Waals surface area (Å²) in [4.78, 5) is 27.3. The van der Waals surface area contributed by atoms with E-state index >= 15 is 0 Å². The van der Waals surface area contributed by atoms with Crippen molar-refractivity contribution in [1.29, 1.82) is 0 Å². The van der Waals surface area contributed by atoms with Crippen LogP contribution < -0.4 is 0 Å². The van der Waals surface area contributed by atoms with E-state index in [0.717, 1.165) is 106 Å². The molecule has 2 aliphatic rings. The highest BCUT2D eigenvalue weighted by Crippen LogP contribution is 2.41. The molecule has 0 atom stereocenters. The molecule has 0 amide bonds. The molecule has 0 saturated heterocycles. The van der Waals surface area contributed by atoms with Crippen molar-refractivity contribution in [3.63, 3.8) is 0 Å². The van der Waals surface area contributed by atoms with Crippen LogP contribution in [-0.4, -0.2) is 29.9 Å². The van der Waals surface area contributed by atoms with Crippen molar-refractivity contribution < 1.29 is 0 Å². The summed E-state index contributed by atoms with van der Waals surface area (Å²) in [5, 5.41) is 0. The summed E-state index contributed by atoms with van der Waals surface area (Å²) in [6.07, 6.45) is 15.7. The van der Waals surface area contributed by atoms with Gasteiger partial charge in [-0.2, -0.15) is 0 Å². The predicted octanol–water partition coefficient (Wildman–Crippen LogP) is 14.8. The van der Waals surface area contributed by atoms with Crippen molar-refractivity contribution in [2.45, 2.75) is 41.5 Å². The van der Waals surface area contributed by atoms with Gasteiger partial charge in [0.2, 0.25) is 0 Å². The monoisotopic (exact) mass is 900 g/mol. The van der Waals surface area contributed by atoms with Gasteiger partial charge in [-0.05, 0) is 183 Å². The van der Waals surface area contributed by atoms with Crippen LogP contribution in [0.2, 0.25) is 0 Å². The van der Waals surface area contributed by atoms with Gasteiger partial charge in [0.05, 0.1) is 22.8 Å². The molecule has 0 unspecified atom stereocenters. The first-order valence-corrected chi connectivity index (χ1v) is 23.5. The first-order valence-electron chi connectivity index (χ1n) is 23.5. The Morgan fingerprint density at radius 2 is 0.614 bits per heavy atom. The van der Waals surface area contributed by atoms with E-state index in [-0.39, 0.29) is 0 Å². The molecule has 5 aromatic heterocycles. The SMILES string of the molecule is Cc1cc(C)c(-c2c3nc(c(-c4ccc(C#Cc5ccncc5)cc4)c4ccc([nH]4)c(-c4c(C)cc(C)cc4C)c4ccc([nH]4)c(-c4ccc(C#Cc5ccncc5)cc4)c4nc2C=C4)C=C3)c(C)c1. The number of pyridine rings is 2. The molecule has 6 nitrogen and oxygen atoms in total. The van der Waals surface area contributed by atoms with E-state index in [1.165, 1.54) is 38.9 Å². The van der Waals surface area contributed by atoms with E-state index < -0.39 is 0 Å². The molecular formula is C64H48N6. The first-order chi connectivity index (χ1) is 34.1. The normalized spacial score (nSPS) is 11.5. The lowest BCUT2D eigenvalue weighted by Crippen LogP contribution is -1.96. The molecule has 11 rings (SSSR count). The quantitative estimate of drug-likeness (QED) is 0.172. The maximum Gasteiger partial charge on any atom is 0.0738 e. The smallest absolute Gasteiger partial charge is 0.0738 e. The number of H-pyrrole nitrogens is 2. The van der Waals surface area contributed by atoms with Crippen molar-refractivity contribution in [1.82, 2.24) is 29.9 Å². The van der Waals surface area contributed by atoms with Crippen LogP contribution in [-0.2, 0) is 0 Å². The van der Waals surface area contributed by atoms with Gasteiger partial charge >= 0.3 is 0 Å². The number of aromatic nitrogens is 6. The second-order valence-electron chi connectivity index (χ2n) is 18.2. The molecule has 7 heterocycles. The Morgan fingerprint density at radius 3 is 0.971 bits per heavy atom. The Bertz CT molecular complexity index is 3670. The molecular weight excluding hydrogens is 853 g/mol. The summed E-state index contributed by atoms with van der Waals surface area (Å²) in [5.74, 6) is 13.2. The highest BCUT2D eigenvalue weighted by Gasteiger charge is 2.22. The molecule has 4 aromatic carbocycles. The Balaban J connectivity index is 1.22. The van der Waals surface area contributed by atoms with Gasteiger partial charge in [0.25, 0.3) is 0 Å². The summed E-state index contributed by atoms with van der Waals surface area (Å²) in [7, 11) is 0. The molecule has 6 heteroatoms. The summed E-state index contributed by atoms with van der Waals surface area (Å²) >= 11 is 0. The Kier molecular flexibility index (Phi) is 11.3. The summed E-state index contributed by atoms with van der Waals surface area (Å²) < 4.78 is 0. The van der Waals surface area contributed by atoms with Gasteiger partial charge < -0.3 is 9.97 Å². The van der Waals surface area contributed by atoms with E-state index in [2.05, 4.69) is 207 Å². The Morgan fingerprint density at radius 1 is 0.314 bits per heavy atom. The van der Waals surface area contributed by atoms with Gasteiger partial charge in [0.1, 0.15) is 0 Å². The van der Waals surface area contributed by atoms with Gasteiger partial charge in [-0.15, -0.1) is 0 Å². The number of aryl methyl sites for hydroxylation is 6. The molecule has 2 aliphatic heterocycles. The van der Waals surface area contributed by atoms with Crippen LogP contribution >= 0.6 is 0 Å². The number of hydrogen-bond acceptors (Lipinski definition) is 4. The fourth-order valence-corrected chi connectivity index (χ4v) is 10.1. The molecule has 70 heavy (non-hydrogen) atoms. The fourth-order valence-electron chi connectivity index (χ4n) is 10.1. The summed E-state index contributed by atoms with van der Waals surface area (Å²) in [6.45, 7) is 13.1. The number of aromatic amines is 2. The number of nitrogens with zero attached hydrogens (tertiary/aromatic N) is 4. The van der Waals surface area contributed by atoms with Crippen LogP contribution in [0.25, 0.3) is 90.9 Å². The first kappa shape index (κ1) is 43.5. The van der Waals surface area contributed by atoms with Crippen LogP contribution in [0.15, 0.2) is 146 Å². The Hall–Kier alpha value is -9.10. The zero-order valence-electron chi connectivity index (χ0n) is 40.0. The molecule has 0 saturated carbocycles. The van der Waals surface area contributed by atoms with E-state index in [9.17, 15) is 0 Å². The maximum absolute atomic E-state index is 5.57. The molecule has 0 fully saturated rings. The largest absolute Gasteiger partial charge is 0.354 e. The highest BCUT2D eigenvalue weighted by molar-refractivity contribution is 6.01. The van der Waals surface area contributed by atoms with E-state index in [1.54, 1.807) is 24.8 Å². The number of nitrogens with one attached hydrogen (secondary N) is 2. The molecule has 0 aliphatic carbocycles. The molecule has 9 aromatic rings. The maximum atomic E-state index is 5.57. The lowest BCUT2D eigenvalue weighted by Gasteiger charge is -2.14. The average Bonchev–Trinajstić information content (AvgIpc) is 4.22. The van der Waals surface area contributed by atoms with Gasteiger partial charge in [-0.3, -0.25) is 9.97 Å². The topological polar surface area (TPSA) is 83.1 Å². The summed E-state index contributed by atoms with van der Waals surface area (Å²) in [5.41, 5.74) is 26.5. The van der Waals surface area contributed by atoms with E-state index in [4.69, 9.17) is 9.97 Å². The number of rotatable bonds is 4. The lowest BCUT2D eigenvalue weighted by molar-refractivity contribution is 1.25. The predicted molar refractivity (Wildman–Crippen MR) is 289 cm³/mol. The Labute approximate surface area is 408 Å². The van der Waals surface area contributed by atoms with Crippen molar-refractivity contribution in [3.05, 3.63) is 225 Å². The minimum atomic E-state index is 0.851. The third-order valence-electron chi connectivity index (χ3n) is 13.0. The van der Waals surface area contributed by atoms with E-state index in [1.807, 2.05) is 24.3 Å². The number of hydrogen-bond donors (Lipinski definition) is 2. The molecule has 8 bridgehead atoms. The van der Waals surface area contributed by atoms with E-state index in [0.29, 0.717) is 0 Å². The molecule has 0 radical (unpaired) electrons. The zero-order valence-corrected chi connectivity index (χ0v) is 40.0. The van der Waals surface area contributed by atoms with Gasteiger partial charge in [0, 0.05) is 91.4 Å². The van der Waals surface area contributed by atoms with Crippen molar-refractivity contribution >= 4 is 46.4 Å². The number of benzene rings is 4. The van der Waals surface area contributed by atoms with Gasteiger partial charge in [-0.25, -0.2) is 9.97 Å². The minimum Gasteiger partial charge on any atom is -0.354 e. The van der Waals surface area contributed by atoms with Crippen LogP contribution in [0, 0.1) is 65.2 Å². The third kappa shape index (κ3) is 8.45. The average molecular weight is 901 g/mol. The molecule has 0 spiro atoms. The number of fused-ring (bicyclic) bond motifs is 8. The van der Waals surface area contributed by atoms with Crippen LogP contribution in [0.1, 0.15) is 78.4 Å². The second-order valence-corrected chi connectivity index (χ2v) is 18.2. The fraction of sp³-hybridized carbons (Fsp3) is 0.0938. The van der Waals surface area contributed by atoms with Crippen molar-refractivity contribution in [2.24, 2.45) is 0 Å². The lowest BCUT2D eigenvalue weighted by atomic mass is 9.92. The summed E-state index contributed by atoms with van der Waals surface area (Å²) in [6, 6.07) is 42.5. The molecule has 2 N–H and O–H groups in total. The van der Waals surface area contributed by atoms with Crippen LogP contribution in [0.3, 0.4) is 0 Å². The zero-order chi connectivity index (χ0) is 47.9. The third-order valence-corrected chi connectivity index (χ3v) is 13.0. The van der Waals surface area contributed by atoms with Gasteiger partial charge in [-0.1, -0.05) is 83.3 Å². The molecule has 334 valence electrons.